The van der Waals surface area contributed by atoms with E-state index in [2.05, 4.69) is 5.16 Å². The number of carbonyl (C=O) groups excluding carboxylic acids is 1. The van der Waals surface area contributed by atoms with Crippen molar-refractivity contribution in [3.8, 4) is 5.75 Å². The van der Waals surface area contributed by atoms with Crippen LogP contribution in [-0.4, -0.2) is 11.1 Å². The van der Waals surface area contributed by atoms with Gasteiger partial charge >= 0.3 is 11.6 Å². The molecule has 0 N–H and O–H groups in total. The first-order valence-corrected chi connectivity index (χ1v) is 10.2. The van der Waals surface area contributed by atoms with Crippen LogP contribution in [0.3, 0.4) is 0 Å². The van der Waals surface area contributed by atoms with Crippen LogP contribution in [0, 0.1) is 20.8 Å². The lowest BCUT2D eigenvalue weighted by molar-refractivity contribution is -0.144. The van der Waals surface area contributed by atoms with Crippen LogP contribution in [0.4, 0.5) is 0 Å². The zero-order valence-electron chi connectivity index (χ0n) is 18.1. The zero-order chi connectivity index (χ0) is 22.7. The summed E-state index contributed by atoms with van der Waals surface area (Å²) in [6.07, 6.45) is 0.114. The largest absolute Gasteiger partial charge is 0.489 e. The van der Waals surface area contributed by atoms with E-state index < -0.39 is 5.63 Å². The highest BCUT2D eigenvalue weighted by Gasteiger charge is 2.12. The first-order chi connectivity index (χ1) is 15.4. The van der Waals surface area contributed by atoms with Crippen LogP contribution in [-0.2, 0) is 29.2 Å². The highest BCUT2D eigenvalue weighted by molar-refractivity contribution is 5.81. The molecule has 2 heterocycles. The number of rotatable bonds is 7. The second-order valence-corrected chi connectivity index (χ2v) is 7.66. The van der Waals surface area contributed by atoms with Crippen LogP contribution in [0.25, 0.3) is 11.0 Å². The summed E-state index contributed by atoms with van der Waals surface area (Å²) in [6.45, 7) is 6.00. The zero-order valence-corrected chi connectivity index (χ0v) is 18.1. The van der Waals surface area contributed by atoms with Crippen LogP contribution < -0.4 is 10.4 Å². The molecule has 0 fully saturated rings. The summed E-state index contributed by atoms with van der Waals surface area (Å²) in [6, 6.07) is 14.2. The van der Waals surface area contributed by atoms with Gasteiger partial charge in [0.2, 0.25) is 0 Å². The molecule has 164 valence electrons. The Bertz CT molecular complexity index is 1300. The van der Waals surface area contributed by atoms with E-state index in [9.17, 15) is 9.59 Å². The van der Waals surface area contributed by atoms with Gasteiger partial charge in [-0.15, -0.1) is 0 Å². The molecule has 0 bridgehead atoms. The van der Waals surface area contributed by atoms with Crippen molar-refractivity contribution in [2.75, 3.05) is 0 Å². The van der Waals surface area contributed by atoms with Crippen LogP contribution in [0.15, 0.2) is 62.3 Å². The van der Waals surface area contributed by atoms with Gasteiger partial charge in [-0.25, -0.2) is 4.79 Å². The van der Waals surface area contributed by atoms with Gasteiger partial charge in [-0.2, -0.15) is 0 Å². The van der Waals surface area contributed by atoms with Gasteiger partial charge in [-0.1, -0.05) is 29.4 Å². The van der Waals surface area contributed by atoms with E-state index in [0.29, 0.717) is 23.5 Å². The third kappa shape index (κ3) is 4.88. The van der Waals surface area contributed by atoms with Crippen molar-refractivity contribution < 1.29 is 23.2 Å². The third-order valence-corrected chi connectivity index (χ3v) is 5.21. The SMILES string of the molecule is Cc1ccc2c(COC(=O)Cc3ccc(OCc4c(C)noc4C)cc3)cc(=O)oc2c1. The smallest absolute Gasteiger partial charge is 0.336 e. The highest BCUT2D eigenvalue weighted by atomic mass is 16.5. The Morgan fingerprint density at radius 3 is 2.50 bits per heavy atom. The minimum absolute atomic E-state index is 0.00261. The number of hydrogen-bond acceptors (Lipinski definition) is 7. The fourth-order valence-electron chi connectivity index (χ4n) is 3.40. The average Bonchev–Trinajstić information content (AvgIpc) is 3.08. The van der Waals surface area contributed by atoms with Crippen molar-refractivity contribution in [3.05, 3.63) is 92.7 Å². The van der Waals surface area contributed by atoms with Crippen LogP contribution in [0.2, 0.25) is 0 Å². The van der Waals surface area contributed by atoms with Gasteiger partial charge < -0.3 is 18.4 Å². The normalized spacial score (nSPS) is 11.0. The molecule has 0 atom stereocenters. The van der Waals surface area contributed by atoms with Gasteiger partial charge in [0.05, 0.1) is 17.7 Å². The predicted molar refractivity (Wildman–Crippen MR) is 117 cm³/mol. The number of hydrogen-bond donors (Lipinski definition) is 0. The second-order valence-electron chi connectivity index (χ2n) is 7.66. The summed E-state index contributed by atoms with van der Waals surface area (Å²) in [5.74, 6) is 1.03. The molecular formula is C25H23NO6. The van der Waals surface area contributed by atoms with E-state index in [1.165, 1.54) is 6.07 Å². The van der Waals surface area contributed by atoms with Crippen molar-refractivity contribution >= 4 is 16.9 Å². The van der Waals surface area contributed by atoms with E-state index in [1.54, 1.807) is 18.2 Å². The Morgan fingerprint density at radius 1 is 1.00 bits per heavy atom. The van der Waals surface area contributed by atoms with Crippen molar-refractivity contribution in [2.45, 2.75) is 40.4 Å². The third-order valence-electron chi connectivity index (χ3n) is 5.21. The second kappa shape index (κ2) is 9.09. The molecule has 7 heteroatoms. The van der Waals surface area contributed by atoms with E-state index in [4.69, 9.17) is 18.4 Å². The molecule has 7 nitrogen and oxygen atoms in total. The molecule has 0 unspecified atom stereocenters. The molecule has 0 spiro atoms. The maximum Gasteiger partial charge on any atom is 0.336 e. The quantitative estimate of drug-likeness (QED) is 0.311. The minimum Gasteiger partial charge on any atom is -0.489 e. The number of benzene rings is 2. The summed E-state index contributed by atoms with van der Waals surface area (Å²) in [5, 5.41) is 4.66. The standard InChI is InChI=1S/C25H23NO6/c1-15-4-9-21-19(12-25(28)31-23(21)10-15)13-30-24(27)11-18-5-7-20(8-6-18)29-14-22-16(2)26-32-17(22)3/h4-10,12H,11,13-14H2,1-3H3. The first kappa shape index (κ1) is 21.4. The Kier molecular flexibility index (Phi) is 6.07. The summed E-state index contributed by atoms with van der Waals surface area (Å²) in [4.78, 5) is 24.2. The maximum atomic E-state index is 12.3. The molecule has 0 saturated carbocycles. The van der Waals surface area contributed by atoms with Gasteiger partial charge in [0.25, 0.3) is 0 Å². The van der Waals surface area contributed by atoms with Crippen LogP contribution >= 0.6 is 0 Å². The summed E-state index contributed by atoms with van der Waals surface area (Å²) < 4.78 is 21.6. The lowest BCUT2D eigenvalue weighted by Crippen LogP contribution is -2.10. The molecule has 0 radical (unpaired) electrons. The van der Waals surface area contributed by atoms with Gasteiger partial charge in [0.1, 0.15) is 30.3 Å². The summed E-state index contributed by atoms with van der Waals surface area (Å²) >= 11 is 0. The molecule has 0 aliphatic carbocycles. The number of aryl methyl sites for hydroxylation is 3. The van der Waals surface area contributed by atoms with E-state index in [1.807, 2.05) is 45.0 Å². The van der Waals surface area contributed by atoms with Gasteiger partial charge in [-0.05, 0) is 50.1 Å². The van der Waals surface area contributed by atoms with Crippen LogP contribution in [0.5, 0.6) is 5.75 Å². The van der Waals surface area contributed by atoms with Crippen molar-refractivity contribution in [3.63, 3.8) is 0 Å². The molecule has 0 amide bonds. The van der Waals surface area contributed by atoms with Gasteiger partial charge in [0, 0.05) is 17.0 Å². The van der Waals surface area contributed by atoms with Crippen molar-refractivity contribution in [1.82, 2.24) is 5.16 Å². The average molecular weight is 433 g/mol. The molecule has 2 aromatic carbocycles. The van der Waals surface area contributed by atoms with Crippen molar-refractivity contribution in [1.29, 1.82) is 0 Å². The number of carbonyl (C=O) groups is 1. The molecule has 0 aliphatic rings. The molecular weight excluding hydrogens is 410 g/mol. The molecule has 0 saturated heterocycles. The molecule has 4 rings (SSSR count). The molecule has 0 aliphatic heterocycles. The Balaban J connectivity index is 1.35. The van der Waals surface area contributed by atoms with E-state index in [-0.39, 0.29) is 19.0 Å². The molecule has 32 heavy (non-hydrogen) atoms. The summed E-state index contributed by atoms with van der Waals surface area (Å²) in [5.41, 5.74) is 4.14. The fraction of sp³-hybridized carbons (Fsp3) is 0.240. The number of aromatic nitrogens is 1. The Labute approximate surface area is 184 Å². The topological polar surface area (TPSA) is 91.8 Å². The maximum absolute atomic E-state index is 12.3. The van der Waals surface area contributed by atoms with Gasteiger partial charge in [-0.3, -0.25) is 4.79 Å². The summed E-state index contributed by atoms with van der Waals surface area (Å²) in [7, 11) is 0. The number of ether oxygens (including phenoxy) is 2. The fourth-order valence-corrected chi connectivity index (χ4v) is 3.40. The number of fused-ring (bicyclic) bond motifs is 1. The number of nitrogens with zero attached hydrogens (tertiary/aromatic N) is 1. The monoisotopic (exact) mass is 433 g/mol. The molecule has 2 aromatic heterocycles. The van der Waals surface area contributed by atoms with Crippen LogP contribution in [0.1, 0.15) is 33.7 Å². The highest BCUT2D eigenvalue weighted by Crippen LogP contribution is 2.20. The van der Waals surface area contributed by atoms with Gasteiger partial charge in [0.15, 0.2) is 0 Å². The number of esters is 1. The van der Waals surface area contributed by atoms with E-state index >= 15 is 0 Å². The lowest BCUT2D eigenvalue weighted by atomic mass is 10.1. The minimum atomic E-state index is -0.471. The Hall–Kier alpha value is -3.87. The first-order valence-electron chi connectivity index (χ1n) is 10.2. The predicted octanol–water partition coefficient (Wildman–Crippen LogP) is 4.57. The lowest BCUT2D eigenvalue weighted by Gasteiger charge is -2.09. The Morgan fingerprint density at radius 2 is 1.78 bits per heavy atom. The molecule has 4 aromatic rings. The van der Waals surface area contributed by atoms with E-state index in [0.717, 1.165) is 33.5 Å². The van der Waals surface area contributed by atoms with Crippen molar-refractivity contribution in [2.24, 2.45) is 0 Å².